The van der Waals surface area contributed by atoms with E-state index in [2.05, 4.69) is 14.9 Å². The van der Waals surface area contributed by atoms with E-state index in [1.54, 1.807) is 36.4 Å². The van der Waals surface area contributed by atoms with Gasteiger partial charge in [0.1, 0.15) is 22.9 Å². The van der Waals surface area contributed by atoms with E-state index < -0.39 is 11.5 Å². The van der Waals surface area contributed by atoms with Crippen LogP contribution in [0.3, 0.4) is 0 Å². The predicted molar refractivity (Wildman–Crippen MR) is 77.7 cm³/mol. The molecule has 108 valence electrons. The van der Waals surface area contributed by atoms with E-state index in [1.807, 2.05) is 13.8 Å². The lowest BCUT2D eigenvalue weighted by Gasteiger charge is -2.07. The van der Waals surface area contributed by atoms with Crippen molar-refractivity contribution in [3.63, 3.8) is 0 Å². The highest BCUT2D eigenvalue weighted by molar-refractivity contribution is 5.98. The molecule has 1 heterocycles. The Morgan fingerprint density at radius 2 is 1.90 bits per heavy atom. The summed E-state index contributed by atoms with van der Waals surface area (Å²) in [6.07, 6.45) is 0. The van der Waals surface area contributed by atoms with Gasteiger partial charge in [-0.1, -0.05) is 44.2 Å². The summed E-state index contributed by atoms with van der Waals surface area (Å²) < 4.78 is 4.61. The van der Waals surface area contributed by atoms with E-state index in [1.165, 1.54) is 7.11 Å². The maximum absolute atomic E-state index is 11.8. The Kier molecular flexibility index (Phi) is 5.83. The first-order valence-corrected chi connectivity index (χ1v) is 6.35. The van der Waals surface area contributed by atoms with Gasteiger partial charge in [-0.25, -0.2) is 9.89 Å². The van der Waals surface area contributed by atoms with Crippen molar-refractivity contribution < 1.29 is 9.53 Å². The highest BCUT2D eigenvalue weighted by Crippen LogP contribution is 2.22. The Morgan fingerprint density at radius 3 is 2.43 bits per heavy atom. The molecular weight excluding hydrogens is 270 g/mol. The Labute approximate surface area is 122 Å². The second kappa shape index (κ2) is 7.60. The summed E-state index contributed by atoms with van der Waals surface area (Å²) in [4.78, 5) is 23.3. The molecule has 0 radical (unpaired) electrons. The third-order valence-electron chi connectivity index (χ3n) is 2.53. The molecule has 1 aromatic carbocycles. The monoisotopic (exact) mass is 285 g/mol. The van der Waals surface area contributed by atoms with Crippen molar-refractivity contribution >= 4 is 5.97 Å². The van der Waals surface area contributed by atoms with Crippen LogP contribution in [0.2, 0.25) is 0 Å². The van der Waals surface area contributed by atoms with E-state index >= 15 is 0 Å². The number of carbonyl (C=O) groups is 1. The summed E-state index contributed by atoms with van der Waals surface area (Å²) in [6.45, 7) is 4.00. The van der Waals surface area contributed by atoms with Crippen molar-refractivity contribution in [2.24, 2.45) is 0 Å². The van der Waals surface area contributed by atoms with Crippen molar-refractivity contribution in [1.82, 2.24) is 10.2 Å². The van der Waals surface area contributed by atoms with E-state index in [0.717, 1.165) is 0 Å². The summed E-state index contributed by atoms with van der Waals surface area (Å²) in [6, 6.07) is 10.5. The summed E-state index contributed by atoms with van der Waals surface area (Å²) >= 11 is 0. The average Bonchev–Trinajstić information content (AvgIpc) is 2.56. The van der Waals surface area contributed by atoms with E-state index in [-0.39, 0.29) is 16.8 Å². The molecule has 0 amide bonds. The van der Waals surface area contributed by atoms with Crippen molar-refractivity contribution in [2.75, 3.05) is 7.11 Å². The molecule has 1 N–H and O–H groups in total. The van der Waals surface area contributed by atoms with Gasteiger partial charge in [0, 0.05) is 5.56 Å². The SMILES string of the molecule is CC.COC(=O)c1c(-c2ccccc2)n[nH]c(=O)c1C#N. The molecule has 1 aromatic heterocycles. The number of aromatic amines is 1. The number of hydrogen-bond donors (Lipinski definition) is 1. The zero-order valence-corrected chi connectivity index (χ0v) is 12.0. The minimum absolute atomic E-state index is 0.125. The Bertz CT molecular complexity index is 715. The molecule has 0 aliphatic heterocycles. The quantitative estimate of drug-likeness (QED) is 0.852. The molecule has 2 rings (SSSR count). The van der Waals surface area contributed by atoms with E-state index in [9.17, 15) is 9.59 Å². The summed E-state index contributed by atoms with van der Waals surface area (Å²) in [7, 11) is 1.18. The Morgan fingerprint density at radius 1 is 1.29 bits per heavy atom. The lowest BCUT2D eigenvalue weighted by molar-refractivity contribution is 0.0600. The zero-order chi connectivity index (χ0) is 15.8. The van der Waals surface area contributed by atoms with E-state index in [4.69, 9.17) is 5.26 Å². The van der Waals surface area contributed by atoms with Crippen molar-refractivity contribution in [3.8, 4) is 17.3 Å². The molecule has 0 atom stereocenters. The van der Waals surface area contributed by atoms with Crippen LogP contribution >= 0.6 is 0 Å². The van der Waals surface area contributed by atoms with Gasteiger partial charge in [-0.05, 0) is 0 Å². The number of benzene rings is 1. The molecule has 0 unspecified atom stereocenters. The molecule has 0 spiro atoms. The van der Waals surface area contributed by atoms with E-state index in [0.29, 0.717) is 5.56 Å². The highest BCUT2D eigenvalue weighted by Gasteiger charge is 2.22. The number of aromatic nitrogens is 2. The van der Waals surface area contributed by atoms with Crippen LogP contribution < -0.4 is 5.56 Å². The van der Waals surface area contributed by atoms with Gasteiger partial charge in [0.05, 0.1) is 7.11 Å². The number of nitriles is 1. The summed E-state index contributed by atoms with van der Waals surface area (Å²) in [5.74, 6) is -0.769. The number of carbonyl (C=O) groups excluding carboxylic acids is 1. The first kappa shape index (κ1) is 16.1. The van der Waals surface area contributed by atoms with Crippen LogP contribution in [0.15, 0.2) is 35.1 Å². The first-order valence-electron chi connectivity index (χ1n) is 6.35. The van der Waals surface area contributed by atoms with Gasteiger partial charge in [-0.15, -0.1) is 0 Å². The number of ether oxygens (including phenoxy) is 1. The predicted octanol–water partition coefficient (Wildman–Crippen LogP) is 2.12. The molecule has 6 nitrogen and oxygen atoms in total. The molecule has 0 bridgehead atoms. The normalized spacial score (nSPS) is 9.05. The topological polar surface area (TPSA) is 95.8 Å². The van der Waals surface area contributed by atoms with Crippen molar-refractivity contribution in [1.29, 1.82) is 5.26 Å². The van der Waals surface area contributed by atoms with Gasteiger partial charge in [-0.3, -0.25) is 4.79 Å². The molecule has 0 aliphatic rings. The smallest absolute Gasteiger partial charge is 0.341 e. The summed E-state index contributed by atoms with van der Waals surface area (Å²) in [5.41, 5.74) is -0.331. The van der Waals surface area contributed by atoms with Crippen LogP contribution in [0, 0.1) is 11.3 Å². The largest absolute Gasteiger partial charge is 0.465 e. The molecular formula is C15H15N3O3. The van der Waals surface area contributed by atoms with Crippen molar-refractivity contribution in [2.45, 2.75) is 13.8 Å². The van der Waals surface area contributed by atoms with Gasteiger partial charge < -0.3 is 4.74 Å². The maximum atomic E-state index is 11.8. The number of nitrogens with zero attached hydrogens (tertiary/aromatic N) is 2. The number of rotatable bonds is 2. The van der Waals surface area contributed by atoms with Gasteiger partial charge >= 0.3 is 5.97 Å². The fourth-order valence-electron chi connectivity index (χ4n) is 1.66. The number of H-pyrrole nitrogens is 1. The fraction of sp³-hybridized carbons (Fsp3) is 0.200. The Hall–Kier alpha value is -2.94. The zero-order valence-electron chi connectivity index (χ0n) is 12.0. The van der Waals surface area contributed by atoms with Gasteiger partial charge in [0.25, 0.3) is 5.56 Å². The lowest BCUT2D eigenvalue weighted by atomic mass is 10.0. The molecule has 0 saturated heterocycles. The molecule has 0 fully saturated rings. The second-order valence-corrected chi connectivity index (χ2v) is 3.62. The van der Waals surface area contributed by atoms with Gasteiger partial charge in [0.15, 0.2) is 0 Å². The van der Waals surface area contributed by atoms with Crippen LogP contribution in [0.1, 0.15) is 29.8 Å². The van der Waals surface area contributed by atoms with Gasteiger partial charge in [0.2, 0.25) is 0 Å². The molecule has 2 aromatic rings. The third-order valence-corrected chi connectivity index (χ3v) is 2.53. The standard InChI is InChI=1S/C13H9N3O3.C2H6/c1-19-13(18)10-9(7-14)12(17)16-15-11(10)8-5-3-2-4-6-8;1-2/h2-6H,1H3,(H,16,17);1-2H3. The van der Waals surface area contributed by atoms with Crippen LogP contribution in [0.4, 0.5) is 0 Å². The number of nitrogens with one attached hydrogen (secondary N) is 1. The molecule has 0 aliphatic carbocycles. The van der Waals surface area contributed by atoms with Crippen molar-refractivity contribution in [3.05, 3.63) is 51.8 Å². The van der Waals surface area contributed by atoms with Crippen LogP contribution in [-0.2, 0) is 4.74 Å². The average molecular weight is 285 g/mol. The van der Waals surface area contributed by atoms with Gasteiger partial charge in [-0.2, -0.15) is 10.4 Å². The maximum Gasteiger partial charge on any atom is 0.341 e. The third kappa shape index (κ3) is 3.34. The second-order valence-electron chi connectivity index (χ2n) is 3.62. The minimum atomic E-state index is -0.769. The first-order chi connectivity index (χ1) is 10.2. The highest BCUT2D eigenvalue weighted by atomic mass is 16.5. The van der Waals surface area contributed by atoms with Crippen LogP contribution in [0.5, 0.6) is 0 Å². The Balaban J connectivity index is 0.00000106. The number of esters is 1. The molecule has 6 heteroatoms. The number of hydrogen-bond acceptors (Lipinski definition) is 5. The van der Waals surface area contributed by atoms with Crippen LogP contribution in [-0.4, -0.2) is 23.3 Å². The van der Waals surface area contributed by atoms with Crippen LogP contribution in [0.25, 0.3) is 11.3 Å². The summed E-state index contributed by atoms with van der Waals surface area (Å²) in [5, 5.41) is 15.0. The molecule has 21 heavy (non-hydrogen) atoms. The lowest BCUT2D eigenvalue weighted by Crippen LogP contribution is -2.20. The minimum Gasteiger partial charge on any atom is -0.465 e. The fourth-order valence-corrected chi connectivity index (χ4v) is 1.66. The molecule has 0 saturated carbocycles. The number of methoxy groups -OCH3 is 1.